The summed E-state index contributed by atoms with van der Waals surface area (Å²) in [5.41, 5.74) is 1.88. The van der Waals surface area contributed by atoms with Crippen LogP contribution in [0.4, 0.5) is 0 Å². The minimum atomic E-state index is 0.0906. The van der Waals surface area contributed by atoms with E-state index in [2.05, 4.69) is 15.9 Å². The van der Waals surface area contributed by atoms with Gasteiger partial charge in [-0.15, -0.1) is 0 Å². The van der Waals surface area contributed by atoms with Crippen LogP contribution in [0.15, 0.2) is 22.7 Å². The molecule has 2 rings (SSSR count). The van der Waals surface area contributed by atoms with E-state index in [0.717, 1.165) is 15.6 Å². The van der Waals surface area contributed by atoms with Gasteiger partial charge < -0.3 is 14.4 Å². The highest BCUT2D eigenvalue weighted by Crippen LogP contribution is 2.25. The third-order valence-electron chi connectivity index (χ3n) is 2.88. The second-order valence-corrected chi connectivity index (χ2v) is 5.05. The van der Waals surface area contributed by atoms with Gasteiger partial charge in [0.1, 0.15) is 0 Å². The van der Waals surface area contributed by atoms with E-state index in [4.69, 9.17) is 9.47 Å². The van der Waals surface area contributed by atoms with Crippen LogP contribution in [-0.2, 0) is 16.0 Å². The van der Waals surface area contributed by atoms with Crippen LogP contribution in [0.25, 0.3) is 0 Å². The van der Waals surface area contributed by atoms with Crippen LogP contribution >= 0.6 is 15.9 Å². The maximum atomic E-state index is 12.1. The number of hydrogen-bond acceptors (Lipinski definition) is 3. The Morgan fingerprint density at radius 3 is 2.94 bits per heavy atom. The maximum Gasteiger partial charge on any atom is 0.254 e. The molecule has 0 unspecified atom stereocenters. The van der Waals surface area contributed by atoms with Gasteiger partial charge in [0.25, 0.3) is 5.91 Å². The Morgan fingerprint density at radius 1 is 1.33 bits per heavy atom. The number of rotatable bonds is 6. The van der Waals surface area contributed by atoms with Crippen LogP contribution in [0.2, 0.25) is 0 Å². The SMILES string of the molecule is COCCOCCN1Cc2cc(Br)ccc2C1=O. The van der Waals surface area contributed by atoms with Crippen molar-refractivity contribution < 1.29 is 14.3 Å². The van der Waals surface area contributed by atoms with Crippen molar-refractivity contribution in [2.24, 2.45) is 0 Å². The largest absolute Gasteiger partial charge is 0.382 e. The fourth-order valence-corrected chi connectivity index (χ4v) is 2.36. The third kappa shape index (κ3) is 3.10. The molecule has 0 aliphatic carbocycles. The molecule has 5 heteroatoms. The molecule has 98 valence electrons. The Bertz CT molecular complexity index is 436. The number of carbonyl (C=O) groups is 1. The third-order valence-corrected chi connectivity index (χ3v) is 3.38. The van der Waals surface area contributed by atoms with Gasteiger partial charge in [-0.1, -0.05) is 15.9 Å². The normalized spacial score (nSPS) is 14.1. The highest BCUT2D eigenvalue weighted by Gasteiger charge is 2.26. The number of methoxy groups -OCH3 is 1. The maximum absolute atomic E-state index is 12.1. The first kappa shape index (κ1) is 13.5. The number of halogens is 1. The summed E-state index contributed by atoms with van der Waals surface area (Å²) in [4.78, 5) is 13.9. The Morgan fingerprint density at radius 2 is 2.17 bits per heavy atom. The summed E-state index contributed by atoms with van der Waals surface area (Å²) in [6.07, 6.45) is 0. The predicted octanol–water partition coefficient (Wildman–Crippen LogP) is 2.07. The molecular formula is C13H16BrNO3. The summed E-state index contributed by atoms with van der Waals surface area (Å²) < 4.78 is 11.3. The Hall–Kier alpha value is -0.910. The molecule has 0 saturated heterocycles. The molecule has 18 heavy (non-hydrogen) atoms. The zero-order valence-electron chi connectivity index (χ0n) is 10.3. The van der Waals surface area contributed by atoms with Crippen molar-refractivity contribution in [2.45, 2.75) is 6.54 Å². The minimum absolute atomic E-state index is 0.0906. The first-order chi connectivity index (χ1) is 8.72. The summed E-state index contributed by atoms with van der Waals surface area (Å²) in [5.74, 6) is 0.0906. The summed E-state index contributed by atoms with van der Waals surface area (Å²) in [6.45, 7) is 2.98. The number of fused-ring (bicyclic) bond motifs is 1. The van der Waals surface area contributed by atoms with Crippen molar-refractivity contribution in [1.82, 2.24) is 4.90 Å². The van der Waals surface area contributed by atoms with Gasteiger partial charge in [-0.2, -0.15) is 0 Å². The highest BCUT2D eigenvalue weighted by atomic mass is 79.9. The first-order valence-corrected chi connectivity index (χ1v) is 6.66. The van der Waals surface area contributed by atoms with E-state index in [-0.39, 0.29) is 5.91 Å². The lowest BCUT2D eigenvalue weighted by Gasteiger charge is -2.15. The smallest absolute Gasteiger partial charge is 0.254 e. The number of ether oxygens (including phenoxy) is 2. The fraction of sp³-hybridized carbons (Fsp3) is 0.462. The molecule has 0 bridgehead atoms. The average molecular weight is 314 g/mol. The lowest BCUT2D eigenvalue weighted by atomic mass is 10.1. The predicted molar refractivity (Wildman–Crippen MR) is 71.6 cm³/mol. The van der Waals surface area contributed by atoms with Crippen LogP contribution in [0, 0.1) is 0 Å². The molecule has 0 spiro atoms. The van der Waals surface area contributed by atoms with Crippen molar-refractivity contribution in [1.29, 1.82) is 0 Å². The summed E-state index contributed by atoms with van der Waals surface area (Å²) in [5, 5.41) is 0. The quantitative estimate of drug-likeness (QED) is 0.755. The zero-order chi connectivity index (χ0) is 13.0. The van der Waals surface area contributed by atoms with Gasteiger partial charge >= 0.3 is 0 Å². The van der Waals surface area contributed by atoms with Crippen molar-refractivity contribution >= 4 is 21.8 Å². The van der Waals surface area contributed by atoms with Gasteiger partial charge in [-0.3, -0.25) is 4.79 Å². The van der Waals surface area contributed by atoms with Crippen LogP contribution < -0.4 is 0 Å². The molecule has 1 amide bonds. The number of carbonyl (C=O) groups excluding carboxylic acids is 1. The van der Waals surface area contributed by atoms with Crippen molar-refractivity contribution in [3.8, 4) is 0 Å². The van der Waals surface area contributed by atoms with Crippen LogP contribution in [-0.4, -0.2) is 44.3 Å². The second kappa shape index (κ2) is 6.31. The molecule has 0 atom stereocenters. The standard InChI is InChI=1S/C13H16BrNO3/c1-17-6-7-18-5-4-15-9-10-8-11(14)2-3-12(10)13(15)16/h2-3,8H,4-7,9H2,1H3. The average Bonchev–Trinajstić information content (AvgIpc) is 2.65. The van der Waals surface area contributed by atoms with Gasteiger partial charge in [0.05, 0.1) is 19.8 Å². The topological polar surface area (TPSA) is 38.8 Å². The van der Waals surface area contributed by atoms with E-state index >= 15 is 0 Å². The molecular weight excluding hydrogens is 298 g/mol. The Kier molecular flexibility index (Phi) is 4.74. The molecule has 0 saturated carbocycles. The van der Waals surface area contributed by atoms with Gasteiger partial charge in [0.2, 0.25) is 0 Å². The Balaban J connectivity index is 1.85. The number of nitrogens with zero attached hydrogens (tertiary/aromatic N) is 1. The molecule has 0 aromatic heterocycles. The molecule has 0 N–H and O–H groups in total. The molecule has 1 heterocycles. The highest BCUT2D eigenvalue weighted by molar-refractivity contribution is 9.10. The molecule has 0 radical (unpaired) electrons. The van der Waals surface area contributed by atoms with Gasteiger partial charge in [0, 0.05) is 30.2 Å². The van der Waals surface area contributed by atoms with E-state index in [9.17, 15) is 4.79 Å². The van der Waals surface area contributed by atoms with E-state index in [1.165, 1.54) is 0 Å². The molecule has 4 nitrogen and oxygen atoms in total. The molecule has 1 aliphatic heterocycles. The summed E-state index contributed by atoms with van der Waals surface area (Å²) in [7, 11) is 1.64. The number of benzene rings is 1. The molecule has 1 aromatic rings. The van der Waals surface area contributed by atoms with Gasteiger partial charge in [0.15, 0.2) is 0 Å². The summed E-state index contributed by atoms with van der Waals surface area (Å²) in [6, 6.07) is 5.77. The minimum Gasteiger partial charge on any atom is -0.382 e. The van der Waals surface area contributed by atoms with E-state index in [0.29, 0.717) is 32.9 Å². The monoisotopic (exact) mass is 313 g/mol. The Labute approximate surface area is 115 Å². The van der Waals surface area contributed by atoms with E-state index in [1.807, 2.05) is 23.1 Å². The van der Waals surface area contributed by atoms with Crippen LogP contribution in [0.3, 0.4) is 0 Å². The van der Waals surface area contributed by atoms with Crippen LogP contribution in [0.1, 0.15) is 15.9 Å². The van der Waals surface area contributed by atoms with Crippen molar-refractivity contribution in [2.75, 3.05) is 33.5 Å². The number of hydrogen-bond donors (Lipinski definition) is 0. The zero-order valence-corrected chi connectivity index (χ0v) is 11.9. The van der Waals surface area contributed by atoms with Crippen molar-refractivity contribution in [3.05, 3.63) is 33.8 Å². The molecule has 0 fully saturated rings. The lowest BCUT2D eigenvalue weighted by molar-refractivity contribution is 0.0502. The van der Waals surface area contributed by atoms with E-state index < -0.39 is 0 Å². The molecule has 1 aliphatic rings. The van der Waals surface area contributed by atoms with Crippen molar-refractivity contribution in [3.63, 3.8) is 0 Å². The first-order valence-electron chi connectivity index (χ1n) is 5.87. The number of amides is 1. The van der Waals surface area contributed by atoms with E-state index in [1.54, 1.807) is 7.11 Å². The second-order valence-electron chi connectivity index (χ2n) is 4.13. The van der Waals surface area contributed by atoms with Gasteiger partial charge in [-0.05, 0) is 23.8 Å². The summed E-state index contributed by atoms with van der Waals surface area (Å²) >= 11 is 3.42. The molecule has 1 aromatic carbocycles. The fourth-order valence-electron chi connectivity index (χ4n) is 1.95. The van der Waals surface area contributed by atoms with Gasteiger partial charge in [-0.25, -0.2) is 0 Å². The van der Waals surface area contributed by atoms with Crippen LogP contribution in [0.5, 0.6) is 0 Å². The lowest BCUT2D eigenvalue weighted by Crippen LogP contribution is -2.28.